The molecule has 0 aliphatic rings. The van der Waals surface area contributed by atoms with E-state index >= 15 is 0 Å². The average Bonchev–Trinajstić information content (AvgIpc) is 3.16. The highest BCUT2D eigenvalue weighted by atomic mass is 35.5. The first-order valence-electron chi connectivity index (χ1n) is 9.25. The number of rotatable bonds is 8. The summed E-state index contributed by atoms with van der Waals surface area (Å²) in [6, 6.07) is 13.2. The predicted molar refractivity (Wildman–Crippen MR) is 117 cm³/mol. The fraction of sp³-hybridized carbons (Fsp3) is 0.286. The molecule has 0 radical (unpaired) electrons. The Morgan fingerprint density at radius 3 is 2.83 bits per heavy atom. The molecule has 0 bridgehead atoms. The summed E-state index contributed by atoms with van der Waals surface area (Å²) in [4.78, 5) is 12.5. The van der Waals surface area contributed by atoms with E-state index < -0.39 is 0 Å². The van der Waals surface area contributed by atoms with E-state index in [4.69, 9.17) is 16.3 Å². The first-order chi connectivity index (χ1) is 13.9. The molecular formula is C21H23ClN4O2S. The smallest absolute Gasteiger partial charge is 0.234 e. The zero-order valence-electron chi connectivity index (χ0n) is 16.6. The molecule has 0 spiro atoms. The van der Waals surface area contributed by atoms with Gasteiger partial charge in [-0.25, -0.2) is 0 Å². The summed E-state index contributed by atoms with van der Waals surface area (Å²) in [7, 11) is 0. The quantitative estimate of drug-likeness (QED) is 0.509. The molecule has 0 aliphatic heterocycles. The van der Waals surface area contributed by atoms with Crippen molar-refractivity contribution < 1.29 is 9.53 Å². The maximum atomic E-state index is 12.5. The van der Waals surface area contributed by atoms with E-state index in [2.05, 4.69) is 29.4 Å². The molecule has 1 heterocycles. The molecule has 0 unspecified atom stereocenters. The second kappa shape index (κ2) is 9.80. The van der Waals surface area contributed by atoms with Crippen molar-refractivity contribution >= 4 is 35.0 Å². The number of amides is 1. The van der Waals surface area contributed by atoms with Crippen LogP contribution in [0.5, 0.6) is 5.75 Å². The second-order valence-corrected chi connectivity index (χ2v) is 8.30. The van der Waals surface area contributed by atoms with Crippen LogP contribution >= 0.6 is 23.4 Å². The van der Waals surface area contributed by atoms with Crippen LogP contribution in [0.1, 0.15) is 19.4 Å². The van der Waals surface area contributed by atoms with Crippen LogP contribution in [-0.4, -0.2) is 33.0 Å². The lowest BCUT2D eigenvalue weighted by molar-refractivity contribution is -0.113. The molecule has 0 atom stereocenters. The van der Waals surface area contributed by atoms with Crippen molar-refractivity contribution in [3.8, 4) is 11.4 Å². The molecule has 3 aromatic rings. The molecule has 1 N–H and O–H groups in total. The normalized spacial score (nSPS) is 10.9. The molecule has 1 aromatic heterocycles. The number of benzene rings is 2. The van der Waals surface area contributed by atoms with Gasteiger partial charge in [-0.1, -0.05) is 55.4 Å². The van der Waals surface area contributed by atoms with Crippen LogP contribution in [0.3, 0.4) is 0 Å². The Balaban J connectivity index is 1.64. The number of nitrogens with zero attached hydrogens (tertiary/aromatic N) is 3. The molecule has 152 valence electrons. The maximum absolute atomic E-state index is 12.5. The minimum atomic E-state index is -0.146. The number of hydrogen-bond acceptors (Lipinski definition) is 5. The minimum Gasteiger partial charge on any atom is -0.491 e. The van der Waals surface area contributed by atoms with Crippen molar-refractivity contribution in [2.75, 3.05) is 17.7 Å². The molecule has 8 heteroatoms. The number of aromatic nitrogens is 3. The van der Waals surface area contributed by atoms with E-state index in [1.165, 1.54) is 11.8 Å². The fourth-order valence-electron chi connectivity index (χ4n) is 2.50. The fourth-order valence-corrected chi connectivity index (χ4v) is 3.40. The van der Waals surface area contributed by atoms with Crippen LogP contribution < -0.4 is 10.1 Å². The number of halogens is 1. The molecule has 0 saturated carbocycles. The number of carbonyl (C=O) groups is 1. The van der Waals surface area contributed by atoms with Crippen molar-refractivity contribution in [2.45, 2.75) is 25.9 Å². The highest BCUT2D eigenvalue weighted by Gasteiger charge is 2.13. The summed E-state index contributed by atoms with van der Waals surface area (Å²) in [6.45, 7) is 6.69. The highest BCUT2D eigenvalue weighted by molar-refractivity contribution is 7.99. The van der Waals surface area contributed by atoms with Crippen molar-refractivity contribution in [1.29, 1.82) is 0 Å². The van der Waals surface area contributed by atoms with Crippen LogP contribution in [-0.2, 0) is 4.79 Å². The van der Waals surface area contributed by atoms with E-state index in [0.717, 1.165) is 11.3 Å². The summed E-state index contributed by atoms with van der Waals surface area (Å²) in [5, 5.41) is 12.3. The summed E-state index contributed by atoms with van der Waals surface area (Å²) in [5.41, 5.74) is 2.50. The van der Waals surface area contributed by atoms with Gasteiger partial charge >= 0.3 is 0 Å². The molecule has 29 heavy (non-hydrogen) atoms. The van der Waals surface area contributed by atoms with Crippen molar-refractivity contribution in [3.05, 3.63) is 59.4 Å². The second-order valence-electron chi connectivity index (χ2n) is 6.95. The van der Waals surface area contributed by atoms with Gasteiger partial charge in [0.25, 0.3) is 0 Å². The Labute approximate surface area is 179 Å². The monoisotopic (exact) mass is 430 g/mol. The Morgan fingerprint density at radius 2 is 2.07 bits per heavy atom. The van der Waals surface area contributed by atoms with E-state index in [1.54, 1.807) is 6.33 Å². The summed E-state index contributed by atoms with van der Waals surface area (Å²) < 4.78 is 7.60. The van der Waals surface area contributed by atoms with Gasteiger partial charge in [-0.15, -0.1) is 10.2 Å². The number of hydrogen-bond donors (Lipinski definition) is 1. The number of carbonyl (C=O) groups excluding carboxylic acids is 1. The van der Waals surface area contributed by atoms with Crippen LogP contribution in [0.2, 0.25) is 5.02 Å². The molecule has 0 aliphatic carbocycles. The Bertz CT molecular complexity index is 990. The van der Waals surface area contributed by atoms with E-state index in [-0.39, 0.29) is 11.7 Å². The Morgan fingerprint density at radius 1 is 1.28 bits per heavy atom. The van der Waals surface area contributed by atoms with Crippen LogP contribution in [0.4, 0.5) is 5.69 Å². The third-order valence-electron chi connectivity index (χ3n) is 4.02. The lowest BCUT2D eigenvalue weighted by Crippen LogP contribution is -2.16. The van der Waals surface area contributed by atoms with Crippen LogP contribution in [0.25, 0.3) is 5.69 Å². The van der Waals surface area contributed by atoms with Gasteiger partial charge in [0.2, 0.25) is 5.91 Å². The van der Waals surface area contributed by atoms with Crippen molar-refractivity contribution in [2.24, 2.45) is 5.92 Å². The first kappa shape index (κ1) is 21.2. The SMILES string of the molecule is Cc1ccc(-n2cnnc2SCC(=O)Nc2ccccc2OCC(C)C)cc1Cl. The van der Waals surface area contributed by atoms with Crippen molar-refractivity contribution in [1.82, 2.24) is 14.8 Å². The highest BCUT2D eigenvalue weighted by Crippen LogP contribution is 2.26. The van der Waals surface area contributed by atoms with Gasteiger partial charge < -0.3 is 10.1 Å². The van der Waals surface area contributed by atoms with Gasteiger partial charge in [0, 0.05) is 5.02 Å². The van der Waals surface area contributed by atoms with Gasteiger partial charge in [0.1, 0.15) is 12.1 Å². The number of ether oxygens (including phenoxy) is 1. The molecule has 1 amide bonds. The van der Waals surface area contributed by atoms with Crippen LogP contribution in [0, 0.1) is 12.8 Å². The lowest BCUT2D eigenvalue weighted by atomic mass is 10.2. The largest absolute Gasteiger partial charge is 0.491 e. The number of aryl methyl sites for hydroxylation is 1. The number of thioether (sulfide) groups is 1. The summed E-state index contributed by atoms with van der Waals surface area (Å²) in [6.07, 6.45) is 1.61. The van der Waals surface area contributed by atoms with E-state index in [9.17, 15) is 4.79 Å². The number of anilines is 1. The van der Waals surface area contributed by atoms with Gasteiger partial charge in [0.05, 0.1) is 23.7 Å². The Kier molecular flexibility index (Phi) is 7.17. The van der Waals surface area contributed by atoms with E-state index in [1.807, 2.05) is 54.0 Å². The van der Waals surface area contributed by atoms with E-state index in [0.29, 0.717) is 34.1 Å². The Hall–Kier alpha value is -2.51. The number of nitrogens with one attached hydrogen (secondary N) is 1. The van der Waals surface area contributed by atoms with Gasteiger partial charge in [-0.05, 0) is 42.7 Å². The van der Waals surface area contributed by atoms with Crippen LogP contribution in [0.15, 0.2) is 53.9 Å². The van der Waals surface area contributed by atoms with Crippen molar-refractivity contribution in [3.63, 3.8) is 0 Å². The molecule has 2 aromatic carbocycles. The first-order valence-corrected chi connectivity index (χ1v) is 10.6. The molecule has 0 fully saturated rings. The molecule has 3 rings (SSSR count). The van der Waals surface area contributed by atoms with Gasteiger partial charge in [0.15, 0.2) is 5.16 Å². The number of para-hydroxylation sites is 2. The molecule has 6 nitrogen and oxygen atoms in total. The molecular weight excluding hydrogens is 408 g/mol. The maximum Gasteiger partial charge on any atom is 0.234 e. The summed E-state index contributed by atoms with van der Waals surface area (Å²) in [5.74, 6) is 1.11. The van der Waals surface area contributed by atoms with Gasteiger partial charge in [-0.2, -0.15) is 0 Å². The topological polar surface area (TPSA) is 69.0 Å². The van der Waals surface area contributed by atoms with Gasteiger partial charge in [-0.3, -0.25) is 9.36 Å². The summed E-state index contributed by atoms with van der Waals surface area (Å²) >= 11 is 7.53. The zero-order valence-corrected chi connectivity index (χ0v) is 18.1. The third kappa shape index (κ3) is 5.74. The zero-order chi connectivity index (χ0) is 20.8. The predicted octanol–water partition coefficient (Wildman–Crippen LogP) is 4.99. The lowest BCUT2D eigenvalue weighted by Gasteiger charge is -2.13. The molecule has 0 saturated heterocycles. The third-order valence-corrected chi connectivity index (χ3v) is 5.37. The minimum absolute atomic E-state index is 0.146. The average molecular weight is 431 g/mol. The standard InChI is InChI=1S/C21H23ClN4O2S/c1-14(2)11-28-19-7-5-4-6-18(19)24-20(27)12-29-21-25-23-13-26(21)16-9-8-15(3)17(22)10-16/h4-10,13-14H,11-12H2,1-3H3,(H,24,27).